The van der Waals surface area contributed by atoms with E-state index in [0.717, 1.165) is 23.3 Å². The van der Waals surface area contributed by atoms with E-state index in [2.05, 4.69) is 45.7 Å². The number of nitrogens with one attached hydrogen (secondary N) is 2. The van der Waals surface area contributed by atoms with Gasteiger partial charge in [-0.3, -0.25) is 9.71 Å². The molecule has 1 saturated heterocycles. The fourth-order valence-electron chi connectivity index (χ4n) is 4.18. The van der Waals surface area contributed by atoms with E-state index in [1.165, 1.54) is 7.11 Å². The Morgan fingerprint density at radius 1 is 1.18 bits per heavy atom. The van der Waals surface area contributed by atoms with Gasteiger partial charge in [0.2, 0.25) is 10.0 Å². The maximum Gasteiger partial charge on any atom is 0.229 e. The molecule has 0 unspecified atom stereocenters. The van der Waals surface area contributed by atoms with Crippen molar-refractivity contribution in [3.05, 3.63) is 72.3 Å². The summed E-state index contributed by atoms with van der Waals surface area (Å²) in [6.07, 6.45) is 4.94. The van der Waals surface area contributed by atoms with Gasteiger partial charge in [0.05, 0.1) is 30.8 Å². The summed E-state index contributed by atoms with van der Waals surface area (Å²) in [5.74, 6) is 0.403. The van der Waals surface area contributed by atoms with Crippen molar-refractivity contribution in [1.82, 2.24) is 14.9 Å². The van der Waals surface area contributed by atoms with Crippen molar-refractivity contribution in [1.29, 1.82) is 0 Å². The fraction of sp³-hybridized carbons (Fsp3) is 0.304. The Kier molecular flexibility index (Phi) is 6.31. The second kappa shape index (κ2) is 9.03. The molecule has 3 aromatic rings. The van der Waals surface area contributed by atoms with Gasteiger partial charge in [-0.25, -0.2) is 8.42 Å². The first kappa shape index (κ1) is 23.1. The molecule has 0 aliphatic carbocycles. The van der Waals surface area contributed by atoms with Crippen molar-refractivity contribution in [3.63, 3.8) is 0 Å². The quantitative estimate of drug-likeness (QED) is 0.489. The molecule has 8 nitrogen and oxygen atoms in total. The molecule has 0 spiro atoms. The summed E-state index contributed by atoms with van der Waals surface area (Å²) < 4.78 is 33.7. The van der Waals surface area contributed by atoms with Gasteiger partial charge in [-0.2, -0.15) is 0 Å². The summed E-state index contributed by atoms with van der Waals surface area (Å²) in [5, 5.41) is 4.00. The second-order valence-corrected chi connectivity index (χ2v) is 10.3. The van der Waals surface area contributed by atoms with E-state index in [-0.39, 0.29) is 18.1 Å². The highest BCUT2D eigenvalue weighted by Gasteiger charge is 2.42. The van der Waals surface area contributed by atoms with Crippen LogP contribution in [0.2, 0.25) is 0 Å². The summed E-state index contributed by atoms with van der Waals surface area (Å²) in [4.78, 5) is 6.62. The van der Waals surface area contributed by atoms with Gasteiger partial charge in [0.1, 0.15) is 11.8 Å². The number of pyridine rings is 1. The van der Waals surface area contributed by atoms with Crippen LogP contribution in [0.3, 0.4) is 0 Å². The van der Waals surface area contributed by atoms with Gasteiger partial charge in [0.25, 0.3) is 0 Å². The van der Waals surface area contributed by atoms with Crippen LogP contribution in [0.25, 0.3) is 0 Å². The van der Waals surface area contributed by atoms with Gasteiger partial charge in [0, 0.05) is 35.9 Å². The molecule has 2 aromatic heterocycles. The third-order valence-electron chi connectivity index (χ3n) is 5.53. The van der Waals surface area contributed by atoms with E-state index < -0.39 is 10.0 Å². The molecule has 174 valence electrons. The van der Waals surface area contributed by atoms with Crippen molar-refractivity contribution in [3.8, 4) is 5.75 Å². The standard InChI is InChI=1S/C23H27N5O3S2/c1-15(2)27-13-7-9-19(27)22-21(18-8-5-6-12-24-18)25-23(32)28(22)16-10-11-17(20(14-16)31-3)26-33(4,29)30/h5-15,21-22,26H,1-4H3,(H,25,32)/t21-,22-/m1/s1. The smallest absolute Gasteiger partial charge is 0.229 e. The Morgan fingerprint density at radius 2 is 1.97 bits per heavy atom. The van der Waals surface area contributed by atoms with E-state index in [1.807, 2.05) is 35.2 Å². The molecule has 33 heavy (non-hydrogen) atoms. The fourth-order valence-corrected chi connectivity index (χ4v) is 5.09. The Labute approximate surface area is 199 Å². The highest BCUT2D eigenvalue weighted by molar-refractivity contribution is 7.92. The minimum Gasteiger partial charge on any atom is -0.494 e. The van der Waals surface area contributed by atoms with Crippen LogP contribution in [0.15, 0.2) is 60.9 Å². The highest BCUT2D eigenvalue weighted by atomic mass is 32.2. The molecular weight excluding hydrogens is 458 g/mol. The van der Waals surface area contributed by atoms with Crippen molar-refractivity contribution < 1.29 is 13.2 Å². The Balaban J connectivity index is 1.83. The van der Waals surface area contributed by atoms with E-state index in [1.54, 1.807) is 18.3 Å². The maximum atomic E-state index is 11.8. The van der Waals surface area contributed by atoms with Crippen LogP contribution >= 0.6 is 12.2 Å². The minimum absolute atomic E-state index is 0.175. The number of ether oxygens (including phenoxy) is 1. The van der Waals surface area contributed by atoms with E-state index in [0.29, 0.717) is 16.5 Å². The zero-order valence-electron chi connectivity index (χ0n) is 18.9. The molecule has 0 amide bonds. The van der Waals surface area contributed by atoms with E-state index in [4.69, 9.17) is 17.0 Å². The summed E-state index contributed by atoms with van der Waals surface area (Å²) in [5.41, 5.74) is 3.12. The van der Waals surface area contributed by atoms with Crippen molar-refractivity contribution >= 4 is 38.7 Å². The van der Waals surface area contributed by atoms with Gasteiger partial charge >= 0.3 is 0 Å². The molecule has 2 N–H and O–H groups in total. The average Bonchev–Trinajstić information content (AvgIpc) is 3.38. The molecule has 1 fully saturated rings. The van der Waals surface area contributed by atoms with Gasteiger partial charge in [-0.1, -0.05) is 6.07 Å². The number of rotatable bonds is 7. The van der Waals surface area contributed by atoms with Crippen LogP contribution in [0.5, 0.6) is 5.75 Å². The average molecular weight is 486 g/mol. The molecule has 1 aromatic carbocycles. The largest absolute Gasteiger partial charge is 0.494 e. The molecular formula is C23H27N5O3S2. The first-order valence-electron chi connectivity index (χ1n) is 10.5. The Morgan fingerprint density at radius 3 is 2.61 bits per heavy atom. The lowest BCUT2D eigenvalue weighted by atomic mass is 10.0. The topological polar surface area (TPSA) is 88.5 Å². The summed E-state index contributed by atoms with van der Waals surface area (Å²) in [6.45, 7) is 4.28. The van der Waals surface area contributed by atoms with Crippen LogP contribution in [0, 0.1) is 0 Å². The maximum absolute atomic E-state index is 11.8. The SMILES string of the molecule is COc1cc(N2C(=S)N[C@H](c3ccccn3)[C@H]2c2cccn2C(C)C)ccc1NS(C)(=O)=O. The first-order chi connectivity index (χ1) is 15.7. The van der Waals surface area contributed by atoms with Crippen LogP contribution in [-0.2, 0) is 10.0 Å². The van der Waals surface area contributed by atoms with Crippen LogP contribution in [-0.4, -0.2) is 36.4 Å². The van der Waals surface area contributed by atoms with Crippen molar-refractivity contribution in [2.75, 3.05) is 23.0 Å². The van der Waals surface area contributed by atoms with Gasteiger partial charge in [-0.15, -0.1) is 0 Å². The van der Waals surface area contributed by atoms with Crippen LogP contribution in [0.1, 0.15) is 43.4 Å². The number of methoxy groups -OCH3 is 1. The number of sulfonamides is 1. The molecule has 2 atom stereocenters. The third kappa shape index (κ3) is 4.67. The summed E-state index contributed by atoms with van der Waals surface area (Å²) in [7, 11) is -1.95. The predicted molar refractivity (Wildman–Crippen MR) is 134 cm³/mol. The number of aromatic nitrogens is 2. The summed E-state index contributed by atoms with van der Waals surface area (Å²) >= 11 is 5.78. The van der Waals surface area contributed by atoms with Crippen LogP contribution in [0.4, 0.5) is 11.4 Å². The normalized spacial score (nSPS) is 18.5. The lowest BCUT2D eigenvalue weighted by molar-refractivity contribution is 0.416. The molecule has 0 bridgehead atoms. The van der Waals surface area contributed by atoms with Gasteiger partial charge in [-0.05, 0) is 62.5 Å². The summed E-state index contributed by atoms with van der Waals surface area (Å²) in [6, 6.07) is 15.2. The van der Waals surface area contributed by atoms with Crippen molar-refractivity contribution in [2.24, 2.45) is 0 Å². The van der Waals surface area contributed by atoms with Crippen LogP contribution < -0.4 is 19.7 Å². The molecule has 1 aliphatic rings. The monoisotopic (exact) mass is 485 g/mol. The highest BCUT2D eigenvalue weighted by Crippen LogP contribution is 2.43. The number of nitrogens with zero attached hydrogens (tertiary/aromatic N) is 3. The lowest BCUT2D eigenvalue weighted by Gasteiger charge is -2.30. The lowest BCUT2D eigenvalue weighted by Crippen LogP contribution is -2.30. The van der Waals surface area contributed by atoms with E-state index in [9.17, 15) is 8.42 Å². The zero-order chi connectivity index (χ0) is 23.8. The molecule has 1 aliphatic heterocycles. The molecule has 0 saturated carbocycles. The molecule has 10 heteroatoms. The number of thiocarbonyl (C=S) groups is 1. The minimum atomic E-state index is -3.45. The second-order valence-electron chi connectivity index (χ2n) is 8.19. The molecule has 4 rings (SSSR count). The third-order valence-corrected chi connectivity index (χ3v) is 6.43. The van der Waals surface area contributed by atoms with Crippen molar-refractivity contribution in [2.45, 2.75) is 32.0 Å². The number of hydrogen-bond donors (Lipinski definition) is 2. The Hall–Kier alpha value is -3.11. The Bertz CT molecular complexity index is 1260. The first-order valence-corrected chi connectivity index (χ1v) is 12.8. The molecule has 0 radical (unpaired) electrons. The number of benzene rings is 1. The molecule has 3 heterocycles. The van der Waals surface area contributed by atoms with Gasteiger partial charge in [0.15, 0.2) is 5.11 Å². The van der Waals surface area contributed by atoms with Gasteiger partial charge < -0.3 is 19.5 Å². The predicted octanol–water partition coefficient (Wildman–Crippen LogP) is 4.02. The van der Waals surface area contributed by atoms with E-state index >= 15 is 0 Å². The number of anilines is 2. The number of hydrogen-bond acceptors (Lipinski definition) is 5. The zero-order valence-corrected chi connectivity index (χ0v) is 20.5.